The fourth-order valence-electron chi connectivity index (χ4n) is 4.56. The third-order valence-corrected chi connectivity index (χ3v) is 7.11. The lowest BCUT2D eigenvalue weighted by molar-refractivity contribution is -0.138. The lowest BCUT2D eigenvalue weighted by Crippen LogP contribution is -2.56. The summed E-state index contributed by atoms with van der Waals surface area (Å²) in [5.41, 5.74) is 1.14. The van der Waals surface area contributed by atoms with Gasteiger partial charge in [0, 0.05) is 56.4 Å². The molecule has 3 N–H and O–H groups in total. The maximum Gasteiger partial charge on any atom is 0.409 e. The van der Waals surface area contributed by atoms with Gasteiger partial charge in [-0.25, -0.2) is 14.8 Å². The third-order valence-electron chi connectivity index (χ3n) is 7.11. The Labute approximate surface area is 239 Å². The van der Waals surface area contributed by atoms with Gasteiger partial charge in [0.05, 0.1) is 6.61 Å². The lowest BCUT2D eigenvalue weighted by atomic mass is 10.1. The highest BCUT2D eigenvalue weighted by molar-refractivity contribution is 5.96. The molecule has 0 spiro atoms. The SMILES string of the molecule is C=C/C=C(\C=C)c1nc(C(=O)NC(CCC(=O)O)C(=O)N2CCN(C(=O)OCCCC)CC2)cc(C2C[C@@H]2CO)n1. The van der Waals surface area contributed by atoms with Crippen LogP contribution in [0, 0.1) is 5.92 Å². The molecule has 3 rings (SSSR count). The van der Waals surface area contributed by atoms with E-state index < -0.39 is 29.9 Å². The van der Waals surface area contributed by atoms with E-state index >= 15 is 0 Å². The number of carbonyl (C=O) groups excluding carboxylic acids is 3. The van der Waals surface area contributed by atoms with Crippen LogP contribution in [0.5, 0.6) is 0 Å². The van der Waals surface area contributed by atoms with Crippen molar-refractivity contribution in [3.63, 3.8) is 0 Å². The molecular weight excluding hydrogens is 530 g/mol. The van der Waals surface area contributed by atoms with Gasteiger partial charge < -0.3 is 30.1 Å². The molecule has 1 saturated heterocycles. The van der Waals surface area contributed by atoms with E-state index in [9.17, 15) is 29.4 Å². The Morgan fingerprint density at radius 2 is 1.88 bits per heavy atom. The van der Waals surface area contributed by atoms with Gasteiger partial charge in [0.15, 0.2) is 5.82 Å². The molecule has 2 heterocycles. The monoisotopic (exact) mass is 569 g/mol. The molecule has 2 unspecified atom stereocenters. The fraction of sp³-hybridized carbons (Fsp3) is 0.517. The van der Waals surface area contributed by atoms with Crippen LogP contribution in [0.4, 0.5) is 4.79 Å². The van der Waals surface area contributed by atoms with E-state index in [-0.39, 0.29) is 69.0 Å². The highest BCUT2D eigenvalue weighted by atomic mass is 16.6. The molecule has 41 heavy (non-hydrogen) atoms. The van der Waals surface area contributed by atoms with Crippen molar-refractivity contribution in [3.05, 3.63) is 54.7 Å². The van der Waals surface area contributed by atoms with Crippen LogP contribution in [0.15, 0.2) is 37.5 Å². The number of nitrogens with zero attached hydrogens (tertiary/aromatic N) is 4. The fourth-order valence-corrected chi connectivity index (χ4v) is 4.56. The number of hydrogen-bond donors (Lipinski definition) is 3. The number of allylic oxidation sites excluding steroid dienone is 4. The van der Waals surface area contributed by atoms with Gasteiger partial charge in [-0.2, -0.15) is 0 Å². The van der Waals surface area contributed by atoms with Crippen molar-refractivity contribution in [1.82, 2.24) is 25.1 Å². The van der Waals surface area contributed by atoms with Crippen LogP contribution in [0.1, 0.15) is 67.0 Å². The van der Waals surface area contributed by atoms with Crippen LogP contribution in [0.25, 0.3) is 5.57 Å². The Hall–Kier alpha value is -4.06. The maximum absolute atomic E-state index is 13.4. The number of ether oxygens (including phenoxy) is 1. The second-order valence-electron chi connectivity index (χ2n) is 10.1. The van der Waals surface area contributed by atoms with Crippen molar-refractivity contribution in [1.29, 1.82) is 0 Å². The van der Waals surface area contributed by atoms with E-state index in [1.54, 1.807) is 12.2 Å². The summed E-state index contributed by atoms with van der Waals surface area (Å²) < 4.78 is 5.25. The van der Waals surface area contributed by atoms with Crippen LogP contribution >= 0.6 is 0 Å². The normalized spacial score (nSPS) is 19.2. The molecular formula is C29H39N5O7. The number of aliphatic hydroxyl groups excluding tert-OH is 1. The molecule has 1 aromatic heterocycles. The van der Waals surface area contributed by atoms with E-state index in [0.29, 0.717) is 17.9 Å². The summed E-state index contributed by atoms with van der Waals surface area (Å²) >= 11 is 0. The number of carbonyl (C=O) groups is 4. The van der Waals surface area contributed by atoms with E-state index in [1.165, 1.54) is 21.9 Å². The minimum absolute atomic E-state index is 0.00215. The Morgan fingerprint density at radius 1 is 1.17 bits per heavy atom. The smallest absolute Gasteiger partial charge is 0.409 e. The van der Waals surface area contributed by atoms with E-state index in [2.05, 4.69) is 28.4 Å². The highest BCUT2D eigenvalue weighted by Gasteiger charge is 2.40. The first-order valence-electron chi connectivity index (χ1n) is 13.9. The number of piperazine rings is 1. The topological polar surface area (TPSA) is 162 Å². The summed E-state index contributed by atoms with van der Waals surface area (Å²) in [6, 6.07) is 0.423. The Morgan fingerprint density at radius 3 is 2.46 bits per heavy atom. The molecule has 12 heteroatoms. The van der Waals surface area contributed by atoms with Crippen molar-refractivity contribution in [2.24, 2.45) is 5.92 Å². The van der Waals surface area contributed by atoms with Gasteiger partial charge in [0.1, 0.15) is 11.7 Å². The van der Waals surface area contributed by atoms with Crippen molar-refractivity contribution >= 4 is 29.5 Å². The number of nitrogens with one attached hydrogen (secondary N) is 1. The van der Waals surface area contributed by atoms with Crippen molar-refractivity contribution < 1.29 is 34.1 Å². The molecule has 0 bridgehead atoms. The van der Waals surface area contributed by atoms with Crippen LogP contribution in [-0.4, -0.2) is 99.3 Å². The van der Waals surface area contributed by atoms with Gasteiger partial charge in [0.25, 0.3) is 5.91 Å². The number of hydrogen-bond acceptors (Lipinski definition) is 8. The van der Waals surface area contributed by atoms with Crippen LogP contribution in [-0.2, 0) is 14.3 Å². The number of aliphatic hydroxyl groups is 1. The van der Waals surface area contributed by atoms with E-state index in [4.69, 9.17) is 4.74 Å². The molecule has 222 valence electrons. The van der Waals surface area contributed by atoms with E-state index in [1.807, 2.05) is 6.92 Å². The predicted molar refractivity (Wildman–Crippen MR) is 151 cm³/mol. The molecule has 1 aliphatic heterocycles. The number of carboxylic acids is 1. The van der Waals surface area contributed by atoms with Crippen molar-refractivity contribution in [3.8, 4) is 0 Å². The van der Waals surface area contributed by atoms with Gasteiger partial charge in [0.2, 0.25) is 5.91 Å². The molecule has 2 fully saturated rings. The molecule has 2 aliphatic rings. The Bertz CT molecular complexity index is 1180. The summed E-state index contributed by atoms with van der Waals surface area (Å²) in [7, 11) is 0. The number of carboxylic acid groups (broad SMARTS) is 1. The van der Waals surface area contributed by atoms with Crippen molar-refractivity contribution in [2.45, 2.75) is 51.0 Å². The zero-order valence-corrected chi connectivity index (χ0v) is 23.5. The molecule has 1 aliphatic carbocycles. The first-order chi connectivity index (χ1) is 19.7. The van der Waals surface area contributed by atoms with Gasteiger partial charge in [-0.1, -0.05) is 44.7 Å². The average molecular weight is 570 g/mol. The van der Waals surface area contributed by atoms with Gasteiger partial charge in [-0.15, -0.1) is 0 Å². The first-order valence-corrected chi connectivity index (χ1v) is 13.9. The molecule has 0 aromatic carbocycles. The molecule has 1 aromatic rings. The first kappa shape index (κ1) is 31.5. The standard InChI is InChI=1S/C29H39N5O7/c1-4-7-15-41-29(40)34-13-11-33(12-14-34)28(39)22(9-10-25(36)37)32-27(38)24-17-23(21-16-20(21)18-35)30-26(31-24)19(6-3)8-5-2/h5-6,8,17,20-22,35H,2-4,7,9-16,18H2,1H3,(H,32,38)(H,36,37)/b19-8+/t20-,21?,22?/m1/s1. The van der Waals surface area contributed by atoms with Gasteiger partial charge in [-0.3, -0.25) is 14.4 Å². The molecule has 3 amide bonds. The Kier molecular flexibility index (Phi) is 11.6. The third kappa shape index (κ3) is 8.71. The number of rotatable bonds is 14. The zero-order chi connectivity index (χ0) is 29.9. The minimum atomic E-state index is -1.11. The number of aromatic nitrogens is 2. The molecule has 3 atom stereocenters. The Balaban J connectivity index is 1.76. The summed E-state index contributed by atoms with van der Waals surface area (Å²) in [4.78, 5) is 62.4. The number of amides is 3. The van der Waals surface area contributed by atoms with Crippen molar-refractivity contribution in [2.75, 3.05) is 39.4 Å². The summed E-state index contributed by atoms with van der Waals surface area (Å²) in [5.74, 6) is -1.93. The molecule has 1 saturated carbocycles. The quantitative estimate of drug-likeness (QED) is 0.226. The average Bonchev–Trinajstić information content (AvgIpc) is 3.77. The van der Waals surface area contributed by atoms with Crippen LogP contribution in [0.2, 0.25) is 0 Å². The summed E-state index contributed by atoms with van der Waals surface area (Å²) in [6.07, 6.45) is 6.26. The zero-order valence-electron chi connectivity index (χ0n) is 23.5. The minimum Gasteiger partial charge on any atom is -0.481 e. The summed E-state index contributed by atoms with van der Waals surface area (Å²) in [5, 5.41) is 21.5. The largest absolute Gasteiger partial charge is 0.481 e. The number of aliphatic carboxylic acids is 1. The maximum atomic E-state index is 13.4. The van der Waals surface area contributed by atoms with Gasteiger partial charge in [-0.05, 0) is 31.2 Å². The second-order valence-corrected chi connectivity index (χ2v) is 10.1. The molecule has 0 radical (unpaired) electrons. The predicted octanol–water partition coefficient (Wildman–Crippen LogP) is 2.37. The van der Waals surface area contributed by atoms with Gasteiger partial charge >= 0.3 is 12.1 Å². The number of unbranched alkanes of at least 4 members (excludes halogenated alkanes) is 1. The van der Waals surface area contributed by atoms with Crippen LogP contribution < -0.4 is 5.32 Å². The molecule has 12 nitrogen and oxygen atoms in total. The summed E-state index contributed by atoms with van der Waals surface area (Å²) in [6.45, 7) is 10.8. The van der Waals surface area contributed by atoms with Crippen LogP contribution in [0.3, 0.4) is 0 Å². The second kappa shape index (κ2) is 15.1. The lowest BCUT2D eigenvalue weighted by Gasteiger charge is -2.36. The van der Waals surface area contributed by atoms with E-state index in [0.717, 1.165) is 19.3 Å². The highest BCUT2D eigenvalue weighted by Crippen LogP contribution is 2.46.